The molecule has 0 aromatic carbocycles. The van der Waals surface area contributed by atoms with Gasteiger partial charge in [0.1, 0.15) is 0 Å². The summed E-state index contributed by atoms with van der Waals surface area (Å²) in [4.78, 5) is 2.15. The Balaban J connectivity index is 2.50. The Bertz CT molecular complexity index is 386. The Labute approximate surface area is 105 Å². The summed E-state index contributed by atoms with van der Waals surface area (Å²) in [6, 6.07) is 2.63. The summed E-state index contributed by atoms with van der Waals surface area (Å²) in [7, 11) is -3.05. The minimum Gasteiger partial charge on any atom is -0.298 e. The maximum atomic E-state index is 12.0. The number of rotatable bonds is 6. The van der Waals surface area contributed by atoms with Crippen LogP contribution in [0.25, 0.3) is 0 Å². The van der Waals surface area contributed by atoms with Gasteiger partial charge >= 0.3 is 0 Å². The lowest BCUT2D eigenvalue weighted by Crippen LogP contribution is -2.37. The summed E-state index contributed by atoms with van der Waals surface area (Å²) in [5.74, 6) is 0.193. The molecule has 0 amide bonds. The van der Waals surface area contributed by atoms with Crippen LogP contribution in [0.2, 0.25) is 0 Å². The van der Waals surface area contributed by atoms with Crippen LogP contribution in [0.15, 0.2) is 0 Å². The van der Waals surface area contributed by atoms with E-state index in [0.717, 1.165) is 12.8 Å². The maximum Gasteiger partial charge on any atom is 0.156 e. The zero-order valence-corrected chi connectivity index (χ0v) is 11.8. The van der Waals surface area contributed by atoms with Crippen molar-refractivity contribution in [2.24, 2.45) is 0 Å². The highest BCUT2D eigenvalue weighted by atomic mass is 32.2. The summed E-state index contributed by atoms with van der Waals surface area (Å²) >= 11 is 0. The first-order valence-corrected chi connectivity index (χ1v) is 7.76. The zero-order valence-electron chi connectivity index (χ0n) is 10.9. The lowest BCUT2D eigenvalue weighted by molar-refractivity contribution is 0.285. The van der Waals surface area contributed by atoms with Crippen molar-refractivity contribution in [2.75, 3.05) is 18.8 Å². The Morgan fingerprint density at radius 3 is 2.29 bits per heavy atom. The lowest BCUT2D eigenvalue weighted by atomic mass is 10.3. The van der Waals surface area contributed by atoms with Crippen molar-refractivity contribution in [1.29, 1.82) is 5.26 Å². The molecule has 1 rings (SSSR count). The van der Waals surface area contributed by atoms with Crippen molar-refractivity contribution >= 4 is 9.84 Å². The molecule has 1 aliphatic carbocycles. The van der Waals surface area contributed by atoms with Gasteiger partial charge in [0.05, 0.1) is 16.6 Å². The Morgan fingerprint density at radius 2 is 1.88 bits per heavy atom. The number of hydrogen-bond donors (Lipinski definition) is 0. The second-order valence-corrected chi connectivity index (χ2v) is 8.47. The van der Waals surface area contributed by atoms with E-state index in [1.165, 1.54) is 0 Å². The van der Waals surface area contributed by atoms with Crippen LogP contribution in [0.5, 0.6) is 0 Å². The Morgan fingerprint density at radius 1 is 1.29 bits per heavy atom. The zero-order chi connectivity index (χ0) is 13.1. The molecule has 4 nitrogen and oxygen atoms in total. The van der Waals surface area contributed by atoms with E-state index in [1.807, 2.05) is 0 Å². The molecule has 0 heterocycles. The smallest absolute Gasteiger partial charge is 0.156 e. The third-order valence-electron chi connectivity index (χ3n) is 3.15. The fourth-order valence-corrected chi connectivity index (χ4v) is 2.74. The SMILES string of the molecule is CC(C)(C)S(=O)(=O)CCN(CCC#N)C1CC1. The van der Waals surface area contributed by atoms with Crippen LogP contribution in [0, 0.1) is 11.3 Å². The van der Waals surface area contributed by atoms with Gasteiger partial charge < -0.3 is 0 Å². The average Bonchev–Trinajstić information content (AvgIpc) is 3.00. The highest BCUT2D eigenvalue weighted by molar-refractivity contribution is 7.92. The maximum absolute atomic E-state index is 12.0. The molecular formula is C12H22N2O2S. The molecule has 0 aromatic rings. The molecule has 1 aliphatic rings. The quantitative estimate of drug-likeness (QED) is 0.725. The molecule has 0 saturated heterocycles. The van der Waals surface area contributed by atoms with Gasteiger partial charge in [-0.3, -0.25) is 4.90 Å². The van der Waals surface area contributed by atoms with E-state index in [-0.39, 0.29) is 5.75 Å². The Kier molecular flexibility index (Phi) is 4.56. The van der Waals surface area contributed by atoms with E-state index >= 15 is 0 Å². The monoisotopic (exact) mass is 258 g/mol. The first-order valence-electron chi connectivity index (χ1n) is 6.11. The molecule has 0 aromatic heterocycles. The van der Waals surface area contributed by atoms with Crippen LogP contribution in [-0.4, -0.2) is 42.9 Å². The van der Waals surface area contributed by atoms with Crippen molar-refractivity contribution in [3.8, 4) is 6.07 Å². The van der Waals surface area contributed by atoms with E-state index in [0.29, 0.717) is 25.6 Å². The molecule has 0 atom stereocenters. The van der Waals surface area contributed by atoms with E-state index in [2.05, 4.69) is 11.0 Å². The molecular weight excluding hydrogens is 236 g/mol. The number of nitrogens with zero attached hydrogens (tertiary/aromatic N) is 2. The van der Waals surface area contributed by atoms with E-state index < -0.39 is 14.6 Å². The van der Waals surface area contributed by atoms with Crippen LogP contribution in [0.1, 0.15) is 40.0 Å². The molecule has 5 heteroatoms. The van der Waals surface area contributed by atoms with Gasteiger partial charge in [-0.25, -0.2) is 8.42 Å². The van der Waals surface area contributed by atoms with Crippen molar-refractivity contribution < 1.29 is 8.42 Å². The summed E-state index contributed by atoms with van der Waals surface area (Å²) in [6.45, 7) is 6.46. The third-order valence-corrected chi connectivity index (χ3v) is 5.74. The van der Waals surface area contributed by atoms with Crippen LogP contribution in [-0.2, 0) is 9.84 Å². The lowest BCUT2D eigenvalue weighted by Gasteiger charge is -2.24. The van der Waals surface area contributed by atoms with Crippen molar-refractivity contribution in [1.82, 2.24) is 4.90 Å². The largest absolute Gasteiger partial charge is 0.298 e. The second-order valence-electron chi connectivity index (χ2n) is 5.61. The van der Waals surface area contributed by atoms with E-state index in [1.54, 1.807) is 20.8 Å². The topological polar surface area (TPSA) is 61.2 Å². The molecule has 0 unspecified atom stereocenters. The van der Waals surface area contributed by atoms with Crippen LogP contribution in [0.4, 0.5) is 0 Å². The highest BCUT2D eigenvalue weighted by Crippen LogP contribution is 2.27. The predicted molar refractivity (Wildman–Crippen MR) is 68.4 cm³/mol. The first kappa shape index (κ1) is 14.5. The summed E-state index contributed by atoms with van der Waals surface area (Å²) in [5.41, 5.74) is 0. The number of sulfone groups is 1. The molecule has 1 saturated carbocycles. The van der Waals surface area contributed by atoms with Crippen LogP contribution >= 0.6 is 0 Å². The normalized spacial score (nSPS) is 17.1. The van der Waals surface area contributed by atoms with Gasteiger partial charge in [-0.2, -0.15) is 5.26 Å². The van der Waals surface area contributed by atoms with Crippen molar-refractivity contribution in [3.05, 3.63) is 0 Å². The van der Waals surface area contributed by atoms with Crippen LogP contribution < -0.4 is 0 Å². The van der Waals surface area contributed by atoms with Gasteiger partial charge in [0.25, 0.3) is 0 Å². The molecule has 17 heavy (non-hydrogen) atoms. The van der Waals surface area contributed by atoms with Crippen LogP contribution in [0.3, 0.4) is 0 Å². The molecule has 0 N–H and O–H groups in total. The molecule has 98 valence electrons. The number of nitriles is 1. The molecule has 0 bridgehead atoms. The van der Waals surface area contributed by atoms with Gasteiger partial charge in [0, 0.05) is 25.6 Å². The first-order chi connectivity index (χ1) is 7.78. The van der Waals surface area contributed by atoms with Crippen molar-refractivity contribution in [3.63, 3.8) is 0 Å². The van der Waals surface area contributed by atoms with Gasteiger partial charge in [-0.05, 0) is 33.6 Å². The predicted octanol–water partition coefficient (Wildman–Crippen LogP) is 1.58. The second kappa shape index (κ2) is 5.36. The van der Waals surface area contributed by atoms with Gasteiger partial charge in [0.15, 0.2) is 9.84 Å². The van der Waals surface area contributed by atoms with E-state index in [4.69, 9.17) is 5.26 Å². The Hall–Kier alpha value is -0.600. The molecule has 0 radical (unpaired) electrons. The standard InChI is InChI=1S/C12H22N2O2S/c1-12(2,3)17(15,16)10-9-14(8-4-7-13)11-5-6-11/h11H,4-6,8-10H2,1-3H3. The summed E-state index contributed by atoms with van der Waals surface area (Å²) < 4.78 is 23.3. The third kappa shape index (κ3) is 4.29. The highest BCUT2D eigenvalue weighted by Gasteiger charge is 2.32. The average molecular weight is 258 g/mol. The molecule has 1 fully saturated rings. The minimum absolute atomic E-state index is 0.193. The van der Waals surface area contributed by atoms with E-state index in [9.17, 15) is 8.42 Å². The summed E-state index contributed by atoms with van der Waals surface area (Å²) in [6.07, 6.45) is 2.76. The molecule has 0 spiro atoms. The minimum atomic E-state index is -3.05. The van der Waals surface area contributed by atoms with Gasteiger partial charge in [-0.1, -0.05) is 0 Å². The van der Waals surface area contributed by atoms with Crippen molar-refractivity contribution in [2.45, 2.75) is 50.8 Å². The summed E-state index contributed by atoms with van der Waals surface area (Å²) in [5, 5.41) is 8.58. The fourth-order valence-electron chi connectivity index (χ4n) is 1.65. The van der Waals surface area contributed by atoms with Gasteiger partial charge in [0.2, 0.25) is 0 Å². The van der Waals surface area contributed by atoms with Gasteiger partial charge in [-0.15, -0.1) is 0 Å². The fraction of sp³-hybridized carbons (Fsp3) is 0.917. The number of hydrogen-bond acceptors (Lipinski definition) is 4. The molecule has 0 aliphatic heterocycles.